The van der Waals surface area contributed by atoms with Crippen LogP contribution in [0.5, 0.6) is 0 Å². The van der Waals surface area contributed by atoms with E-state index in [1.54, 1.807) is 65.1 Å². The van der Waals surface area contributed by atoms with E-state index in [0.717, 1.165) is 0 Å². The van der Waals surface area contributed by atoms with Crippen molar-refractivity contribution in [1.82, 2.24) is 96.4 Å². The summed E-state index contributed by atoms with van der Waals surface area (Å²) in [6.45, 7) is 5.63. The number of unbranched alkanes of at least 4 members (excludes halogenated alkanes) is 1. The lowest BCUT2D eigenvalue weighted by molar-refractivity contribution is -0.272. The van der Waals surface area contributed by atoms with Gasteiger partial charge in [-0.05, 0) is 25.6 Å². The van der Waals surface area contributed by atoms with Crippen LogP contribution in [0.4, 0.5) is 0 Å². The van der Waals surface area contributed by atoms with Crippen molar-refractivity contribution >= 4 is 51.1 Å². The van der Waals surface area contributed by atoms with E-state index in [-0.39, 0.29) is 138 Å². The van der Waals surface area contributed by atoms with Gasteiger partial charge in [-0.2, -0.15) is 0 Å². The second kappa shape index (κ2) is 51.6. The summed E-state index contributed by atoms with van der Waals surface area (Å²) in [5, 5.41) is 172. The monoisotopic (exact) mass is 1740 g/mol. The van der Waals surface area contributed by atoms with Gasteiger partial charge in [0.2, 0.25) is 29.5 Å². The van der Waals surface area contributed by atoms with Crippen molar-refractivity contribution < 1.29 is 142 Å². The zero-order chi connectivity index (χ0) is 85.9. The largest absolute Gasteiger partial charge is 0.394 e. The second-order valence-corrected chi connectivity index (χ2v) is 31.1. The molecule has 0 aliphatic carbocycles. The molecule has 4 aromatic rings. The van der Waals surface area contributed by atoms with E-state index in [1.165, 1.54) is 27.7 Å². The van der Waals surface area contributed by atoms with Crippen LogP contribution < -0.4 is 26.6 Å². The molecule has 8 rings (SSSR count). The molecular formula is C69H117N19O29S2. The number of nitrogens with zero attached hydrogens (tertiary/aromatic N) is 14. The van der Waals surface area contributed by atoms with Crippen molar-refractivity contribution in [1.29, 1.82) is 0 Å². The molecule has 20 unspecified atom stereocenters. The van der Waals surface area contributed by atoms with E-state index in [9.17, 15) is 85.3 Å². The Morgan fingerprint density at radius 3 is 1.00 bits per heavy atom. The highest BCUT2D eigenvalue weighted by atomic mass is 33.1. The first-order valence-corrected chi connectivity index (χ1v) is 41.9. The van der Waals surface area contributed by atoms with Crippen LogP contribution in [0.3, 0.4) is 0 Å². The van der Waals surface area contributed by atoms with Crippen LogP contribution in [0.15, 0.2) is 24.8 Å². The van der Waals surface area contributed by atoms with Crippen molar-refractivity contribution in [3.8, 4) is 0 Å². The first-order valence-electron chi connectivity index (χ1n) is 39.1. The molecule has 0 bridgehead atoms. The zero-order valence-corrected chi connectivity index (χ0v) is 68.7. The summed E-state index contributed by atoms with van der Waals surface area (Å²) < 4.78 is 75.5. The summed E-state index contributed by atoms with van der Waals surface area (Å²) in [6, 6.07) is -5.30. The third-order valence-electron chi connectivity index (χ3n) is 19.3. The van der Waals surface area contributed by atoms with Crippen LogP contribution in [0, 0.1) is 0 Å². The lowest BCUT2D eigenvalue weighted by Gasteiger charge is -2.42. The average molecular weight is 1740 g/mol. The van der Waals surface area contributed by atoms with Gasteiger partial charge >= 0.3 is 0 Å². The van der Waals surface area contributed by atoms with Gasteiger partial charge in [-0.15, -0.1) is 20.4 Å². The van der Waals surface area contributed by atoms with Crippen molar-refractivity contribution in [3.05, 3.63) is 47.6 Å². The molecule has 4 saturated heterocycles. The third-order valence-corrected chi connectivity index (χ3v) is 21.1. The Bertz CT molecular complexity index is 3400. The van der Waals surface area contributed by atoms with E-state index >= 15 is 0 Å². The number of aromatic nitrogens is 12. The molecule has 5 amide bonds. The standard InChI is InChI=1S/C69H117N19O29S2/c1-40(93)71-53-61(101)57(97)49(36-89)114-66(53)110-23-19-106-15-11-85-32-44(75-79-85)28-83(29-45-33-86(80-76-45)12-16-107-20-24-111-67-54(72-41(2)94)62(102)58(98)50(37-90)115-67)10-7-6-8-48(65(105)70-9-27-119-118-5)84(30-46-34-87(81-77-46)13-17-108-21-25-112-68-55(73-42(3)95)63(103)59(99)51(38-91)116-68)31-47-35-88(82-78-47)14-18-109-22-26-113-69-56(74-43(4)96)64(104)60(100)52(39-92)117-69/h32-35,48-64,66-69,89-92,97-104H,6-31,36-39H2,1-5H3,(H,70,105)(H,71,93)(H,72,94)(H,73,95)(H,74,96)/t48-,49?,50?,51?,52?,53?,54?,55?,56?,57?,58?,59?,60?,61?,62?,63?,64?,66?,67?,68?,69?/m1/s1. The highest BCUT2D eigenvalue weighted by Crippen LogP contribution is 2.28. The molecule has 119 heavy (non-hydrogen) atoms. The quantitative estimate of drug-likeness (QED) is 0.0144. The molecule has 0 radical (unpaired) electrons. The van der Waals surface area contributed by atoms with Gasteiger partial charge in [-0.3, -0.25) is 33.8 Å². The van der Waals surface area contributed by atoms with Crippen LogP contribution in [0.2, 0.25) is 0 Å². The predicted molar refractivity (Wildman–Crippen MR) is 409 cm³/mol. The van der Waals surface area contributed by atoms with Crippen molar-refractivity contribution in [2.45, 2.75) is 228 Å². The van der Waals surface area contributed by atoms with E-state index in [1.807, 2.05) is 11.2 Å². The summed E-state index contributed by atoms with van der Waals surface area (Å²) >= 11 is 0. The molecular weight excluding hydrogens is 1620 g/mol. The maximum atomic E-state index is 14.8. The molecule has 4 aliphatic rings. The average Bonchev–Trinajstić information content (AvgIpc) is 1.63. The van der Waals surface area contributed by atoms with Crippen LogP contribution in [-0.2, 0) is 133 Å². The Hall–Kier alpha value is -6.43. The van der Waals surface area contributed by atoms with Gasteiger partial charge in [0, 0.05) is 91.0 Å². The van der Waals surface area contributed by atoms with Gasteiger partial charge < -0.3 is 145 Å². The van der Waals surface area contributed by atoms with E-state index in [4.69, 9.17) is 56.8 Å². The molecule has 4 fully saturated rings. The van der Waals surface area contributed by atoms with Crippen molar-refractivity contribution in [3.63, 3.8) is 0 Å². The lowest BCUT2D eigenvalue weighted by atomic mass is 9.97. The maximum absolute atomic E-state index is 14.8. The molecule has 50 heteroatoms. The Kier molecular flexibility index (Phi) is 42.5. The number of aliphatic hydroxyl groups excluding tert-OH is 12. The molecule has 48 nitrogen and oxygen atoms in total. The van der Waals surface area contributed by atoms with E-state index in [2.05, 4.69) is 72.7 Å². The number of hydrogen-bond acceptors (Lipinski definition) is 41. The summed E-state index contributed by atoms with van der Waals surface area (Å²) in [7, 11) is 3.15. The molecule has 17 N–H and O–H groups in total. The molecule has 4 aromatic heterocycles. The van der Waals surface area contributed by atoms with Crippen LogP contribution in [0.25, 0.3) is 0 Å². The highest BCUT2D eigenvalue weighted by molar-refractivity contribution is 8.76. The number of ether oxygens (including phenoxy) is 12. The minimum absolute atomic E-state index is 0.0332. The summed E-state index contributed by atoms with van der Waals surface area (Å²) in [5.74, 6) is -1.65. The zero-order valence-electron chi connectivity index (χ0n) is 67.0. The first kappa shape index (κ1) is 98.0. The Morgan fingerprint density at radius 1 is 0.429 bits per heavy atom. The number of nitrogens with one attached hydrogen (secondary N) is 5. The van der Waals surface area contributed by atoms with Gasteiger partial charge in [0.1, 0.15) is 97.4 Å². The fourth-order valence-electron chi connectivity index (χ4n) is 13.4. The van der Waals surface area contributed by atoms with Gasteiger partial charge in [-0.25, -0.2) is 18.7 Å². The third kappa shape index (κ3) is 31.4. The van der Waals surface area contributed by atoms with Crippen LogP contribution in [0.1, 0.15) is 69.7 Å². The van der Waals surface area contributed by atoms with E-state index < -0.39 is 179 Å². The Labute approximate surface area is 693 Å². The minimum Gasteiger partial charge on any atom is -0.394 e. The number of rotatable bonds is 55. The van der Waals surface area contributed by atoms with Gasteiger partial charge in [0.25, 0.3) is 0 Å². The molecule has 674 valence electrons. The summed E-state index contributed by atoms with van der Waals surface area (Å²) in [4.78, 5) is 66.7. The lowest BCUT2D eigenvalue weighted by Crippen LogP contribution is -2.64. The fourth-order valence-corrected chi connectivity index (χ4v) is 14.5. The molecule has 21 atom stereocenters. The minimum atomic E-state index is -1.49. The number of carbonyl (C=O) groups is 5. The molecule has 4 aliphatic heterocycles. The summed E-state index contributed by atoms with van der Waals surface area (Å²) in [6.07, 6.45) is -11.0. The first-order chi connectivity index (χ1) is 57.3. The number of aliphatic hydroxyl groups is 12. The van der Waals surface area contributed by atoms with E-state index in [0.29, 0.717) is 60.9 Å². The van der Waals surface area contributed by atoms with Crippen LogP contribution in [-0.4, -0.2) is 420 Å². The predicted octanol–water partition coefficient (Wildman–Crippen LogP) is -9.67. The SMILES string of the molecule is CSSCCNC(=O)[C@@H](CCCCN(Cc1cn(CCOCCOC2OC(CO)C(O)C(O)C2NC(C)=O)nn1)Cc1cn(CCOCCOC2OC(CO)C(O)C(O)C2NC(C)=O)nn1)N(Cc1cn(CCOCCOC2OC(CO)C(O)C(O)C2NC(C)=O)nn1)Cc1cn(CCOCCOC2OC(CO)C(O)C(O)C2NC(C)=O)nn1. The van der Waals surface area contributed by atoms with Crippen molar-refractivity contribution in [2.24, 2.45) is 0 Å². The van der Waals surface area contributed by atoms with Gasteiger partial charge in [0.05, 0.1) is 161 Å². The maximum Gasteiger partial charge on any atom is 0.237 e. The van der Waals surface area contributed by atoms with Gasteiger partial charge in [-0.1, -0.05) is 48.9 Å². The van der Waals surface area contributed by atoms with Gasteiger partial charge in [0.15, 0.2) is 25.2 Å². The summed E-state index contributed by atoms with van der Waals surface area (Å²) in [5.41, 5.74) is 2.17. The number of hydrogen-bond donors (Lipinski definition) is 17. The topological polar surface area (TPSA) is 628 Å². The van der Waals surface area contributed by atoms with Crippen molar-refractivity contribution in [2.75, 3.05) is 131 Å². The molecule has 8 heterocycles. The number of carbonyl (C=O) groups excluding carboxylic acids is 5. The molecule has 0 saturated carbocycles. The smallest absolute Gasteiger partial charge is 0.237 e. The molecule has 0 aromatic carbocycles. The fraction of sp³-hybridized carbons (Fsp3) is 0.812. The highest BCUT2D eigenvalue weighted by Gasteiger charge is 2.49. The van der Waals surface area contributed by atoms with Crippen LogP contribution >= 0.6 is 21.6 Å². The Balaban J connectivity index is 0.936. The molecule has 0 spiro atoms. The number of amides is 5. The Morgan fingerprint density at radius 2 is 0.723 bits per heavy atom. The second-order valence-electron chi connectivity index (χ2n) is 28.5. The normalized spacial score (nSPS) is 27.5.